The molecule has 0 unspecified atom stereocenters. The zero-order valence-corrected chi connectivity index (χ0v) is 8.31. The Bertz CT molecular complexity index is 412. The van der Waals surface area contributed by atoms with Gasteiger partial charge in [0.2, 0.25) is 5.75 Å². The van der Waals surface area contributed by atoms with Crippen LogP contribution in [0, 0.1) is 10.1 Å². The van der Waals surface area contributed by atoms with E-state index in [-0.39, 0.29) is 17.9 Å². The molecule has 8 heteroatoms. The van der Waals surface area contributed by atoms with Gasteiger partial charge < -0.3 is 10.5 Å². The fraction of sp³-hybridized carbons (Fsp3) is 0.375. The van der Waals surface area contributed by atoms with Crippen LogP contribution in [0.3, 0.4) is 0 Å². The minimum Gasteiger partial charge on any atom is -0.490 e. The summed E-state index contributed by atoms with van der Waals surface area (Å²) in [6, 6.07) is 0. The number of hydrogen-bond acceptors (Lipinski definition) is 5. The van der Waals surface area contributed by atoms with Crippen molar-refractivity contribution in [3.8, 4) is 5.75 Å². The number of ether oxygens (including phenoxy) is 1. The molecule has 0 atom stereocenters. The number of pyridine rings is 1. The van der Waals surface area contributed by atoms with E-state index in [1.165, 1.54) is 0 Å². The molecule has 1 aromatic heterocycles. The Labute approximate surface area is 89.2 Å². The normalized spacial score (nSPS) is 10.6. The predicted molar refractivity (Wildman–Crippen MR) is 50.3 cm³/mol. The summed E-state index contributed by atoms with van der Waals surface area (Å²) < 4.78 is 29.8. The maximum atomic E-state index is 12.5. The van der Waals surface area contributed by atoms with Crippen molar-refractivity contribution in [2.24, 2.45) is 5.73 Å². The molecule has 0 saturated carbocycles. The summed E-state index contributed by atoms with van der Waals surface area (Å²) in [4.78, 5) is 13.2. The summed E-state index contributed by atoms with van der Waals surface area (Å²) in [7, 11) is 1.15. The third-order valence-electron chi connectivity index (χ3n) is 1.95. The molecule has 0 radical (unpaired) electrons. The van der Waals surface area contributed by atoms with Crippen molar-refractivity contribution < 1.29 is 18.4 Å². The van der Waals surface area contributed by atoms with Crippen molar-refractivity contribution >= 4 is 5.69 Å². The van der Waals surface area contributed by atoms with Crippen LogP contribution in [0.4, 0.5) is 14.5 Å². The summed E-state index contributed by atoms with van der Waals surface area (Å²) in [6.45, 7) is -0.308. The molecule has 0 aliphatic rings. The Morgan fingerprint density at radius 2 is 2.31 bits per heavy atom. The summed E-state index contributed by atoms with van der Waals surface area (Å²) in [6.07, 6.45) is -2.12. The average Bonchev–Trinajstić information content (AvgIpc) is 2.26. The largest absolute Gasteiger partial charge is 0.490 e. The van der Waals surface area contributed by atoms with Crippen molar-refractivity contribution in [3.05, 3.63) is 27.6 Å². The lowest BCUT2D eigenvalue weighted by Gasteiger charge is -2.10. The minimum absolute atomic E-state index is 0.147. The molecule has 1 heterocycles. The van der Waals surface area contributed by atoms with Crippen LogP contribution >= 0.6 is 0 Å². The molecule has 0 bridgehead atoms. The van der Waals surface area contributed by atoms with E-state index in [1.807, 2.05) is 0 Å². The zero-order valence-electron chi connectivity index (χ0n) is 8.31. The number of halogens is 2. The first kappa shape index (κ1) is 12.2. The zero-order chi connectivity index (χ0) is 12.3. The van der Waals surface area contributed by atoms with Gasteiger partial charge in [-0.2, -0.15) is 0 Å². The molecule has 88 valence electrons. The maximum Gasteiger partial charge on any atom is 0.329 e. The Balaban J connectivity index is 3.46. The number of nitrogens with zero attached hydrogens (tertiary/aromatic N) is 2. The number of nitrogens with two attached hydrogens (primary N) is 1. The lowest BCUT2D eigenvalue weighted by Crippen LogP contribution is -2.09. The van der Waals surface area contributed by atoms with Crippen LogP contribution in [-0.4, -0.2) is 17.0 Å². The van der Waals surface area contributed by atoms with E-state index in [4.69, 9.17) is 10.5 Å². The summed E-state index contributed by atoms with van der Waals surface area (Å²) in [5.74, 6) is -0.266. The molecule has 0 aliphatic carbocycles. The molecule has 0 amide bonds. The Morgan fingerprint density at radius 1 is 1.69 bits per heavy atom. The molecule has 0 fully saturated rings. The van der Waals surface area contributed by atoms with Gasteiger partial charge in [0, 0.05) is 12.1 Å². The monoisotopic (exact) mass is 233 g/mol. The highest BCUT2D eigenvalue weighted by Gasteiger charge is 2.25. The van der Waals surface area contributed by atoms with Crippen LogP contribution in [0.5, 0.6) is 5.75 Å². The molecule has 1 aromatic rings. The van der Waals surface area contributed by atoms with Crippen molar-refractivity contribution in [2.75, 3.05) is 7.11 Å². The van der Waals surface area contributed by atoms with Crippen molar-refractivity contribution in [2.45, 2.75) is 13.0 Å². The molecule has 0 aromatic carbocycles. The first-order valence-electron chi connectivity index (χ1n) is 4.21. The van der Waals surface area contributed by atoms with Crippen molar-refractivity contribution in [1.82, 2.24) is 4.98 Å². The summed E-state index contributed by atoms with van der Waals surface area (Å²) >= 11 is 0. The number of rotatable bonds is 4. The van der Waals surface area contributed by atoms with Gasteiger partial charge in [-0.15, -0.1) is 0 Å². The molecule has 1 rings (SSSR count). The second-order valence-electron chi connectivity index (χ2n) is 2.80. The fourth-order valence-corrected chi connectivity index (χ4v) is 1.28. The highest BCUT2D eigenvalue weighted by atomic mass is 19.3. The summed E-state index contributed by atoms with van der Waals surface area (Å²) in [5.41, 5.74) is 4.04. The molecule has 0 aliphatic heterocycles. The van der Waals surface area contributed by atoms with Crippen molar-refractivity contribution in [1.29, 1.82) is 0 Å². The third-order valence-corrected chi connectivity index (χ3v) is 1.95. The standard InChI is InChI=1S/C8H9F2N3O3/c1-16-7-4(2-11)6(8(9)10)12-3-5(7)13(14)15/h3,8H,2,11H2,1H3. The molecular formula is C8H9F2N3O3. The van der Waals surface area contributed by atoms with Crippen LogP contribution in [0.1, 0.15) is 17.7 Å². The molecule has 2 N–H and O–H groups in total. The second-order valence-corrected chi connectivity index (χ2v) is 2.80. The van der Waals surface area contributed by atoms with E-state index in [9.17, 15) is 18.9 Å². The first-order valence-corrected chi connectivity index (χ1v) is 4.21. The van der Waals surface area contributed by atoms with E-state index < -0.39 is 22.7 Å². The molecule has 0 spiro atoms. The van der Waals surface area contributed by atoms with Gasteiger partial charge in [-0.05, 0) is 0 Å². The lowest BCUT2D eigenvalue weighted by molar-refractivity contribution is -0.386. The van der Waals surface area contributed by atoms with Gasteiger partial charge >= 0.3 is 5.69 Å². The summed E-state index contributed by atoms with van der Waals surface area (Å²) in [5, 5.41) is 10.6. The van der Waals surface area contributed by atoms with E-state index in [1.54, 1.807) is 0 Å². The van der Waals surface area contributed by atoms with Gasteiger partial charge in [-0.25, -0.2) is 13.8 Å². The number of nitro groups is 1. The van der Waals surface area contributed by atoms with Gasteiger partial charge in [0.05, 0.1) is 12.0 Å². The fourth-order valence-electron chi connectivity index (χ4n) is 1.28. The van der Waals surface area contributed by atoms with Gasteiger partial charge in [0.1, 0.15) is 11.9 Å². The topological polar surface area (TPSA) is 91.3 Å². The average molecular weight is 233 g/mol. The number of alkyl halides is 2. The van der Waals surface area contributed by atoms with Gasteiger partial charge in [-0.1, -0.05) is 0 Å². The quantitative estimate of drug-likeness (QED) is 0.626. The van der Waals surface area contributed by atoms with Crippen molar-refractivity contribution in [3.63, 3.8) is 0 Å². The van der Waals surface area contributed by atoms with Gasteiger partial charge in [0.25, 0.3) is 6.43 Å². The van der Waals surface area contributed by atoms with Crippen LogP contribution in [0.2, 0.25) is 0 Å². The predicted octanol–water partition coefficient (Wildman–Crippen LogP) is 1.39. The Hall–Kier alpha value is -1.83. The van der Waals surface area contributed by atoms with Crippen LogP contribution < -0.4 is 10.5 Å². The lowest BCUT2D eigenvalue weighted by atomic mass is 10.1. The molecule has 0 saturated heterocycles. The molecule has 16 heavy (non-hydrogen) atoms. The van der Waals surface area contributed by atoms with Crippen LogP contribution in [0.25, 0.3) is 0 Å². The molecule has 6 nitrogen and oxygen atoms in total. The van der Waals surface area contributed by atoms with Gasteiger partial charge in [-0.3, -0.25) is 10.1 Å². The Kier molecular flexibility index (Phi) is 3.67. The number of aromatic nitrogens is 1. The SMILES string of the molecule is COc1c([N+](=O)[O-])cnc(C(F)F)c1CN. The number of hydrogen-bond donors (Lipinski definition) is 1. The van der Waals surface area contributed by atoms with E-state index in [0.29, 0.717) is 0 Å². The van der Waals surface area contributed by atoms with E-state index in [2.05, 4.69) is 4.98 Å². The highest BCUT2D eigenvalue weighted by molar-refractivity contribution is 5.52. The van der Waals surface area contributed by atoms with E-state index >= 15 is 0 Å². The highest BCUT2D eigenvalue weighted by Crippen LogP contribution is 2.34. The smallest absolute Gasteiger partial charge is 0.329 e. The molecular weight excluding hydrogens is 224 g/mol. The van der Waals surface area contributed by atoms with Crippen LogP contribution in [-0.2, 0) is 6.54 Å². The van der Waals surface area contributed by atoms with E-state index in [0.717, 1.165) is 13.3 Å². The maximum absolute atomic E-state index is 12.5. The number of methoxy groups -OCH3 is 1. The third kappa shape index (κ3) is 2.06. The second kappa shape index (κ2) is 4.79. The first-order chi connectivity index (χ1) is 7.52. The van der Waals surface area contributed by atoms with Gasteiger partial charge in [0.15, 0.2) is 0 Å². The minimum atomic E-state index is -2.85. The van der Waals surface area contributed by atoms with Crippen LogP contribution in [0.15, 0.2) is 6.20 Å². The Morgan fingerprint density at radius 3 is 2.69 bits per heavy atom.